The van der Waals surface area contributed by atoms with Crippen LogP contribution in [0.2, 0.25) is 0 Å². The number of aliphatic imine (C=N–C) groups is 1. The predicted octanol–water partition coefficient (Wildman–Crippen LogP) is 3.86. The molecule has 0 radical (unpaired) electrons. The van der Waals surface area contributed by atoms with Gasteiger partial charge in [-0.2, -0.15) is 0 Å². The first kappa shape index (κ1) is 21.4. The summed E-state index contributed by atoms with van der Waals surface area (Å²) in [7, 11) is 1.86. The maximum Gasteiger partial charge on any atom is 0.193 e. The molecule has 3 rings (SSSR count). The third-order valence-electron chi connectivity index (χ3n) is 5.45. The van der Waals surface area contributed by atoms with Gasteiger partial charge in [0.25, 0.3) is 0 Å². The zero-order valence-electron chi connectivity index (χ0n) is 18.4. The highest BCUT2D eigenvalue weighted by molar-refractivity contribution is 5.80. The molecule has 0 amide bonds. The highest BCUT2D eigenvalue weighted by atomic mass is 16.5. The Labute approximate surface area is 175 Å². The van der Waals surface area contributed by atoms with Crippen molar-refractivity contribution >= 4 is 5.96 Å². The number of nitrogens with zero attached hydrogens (tertiary/aromatic N) is 4. The first-order valence-electron chi connectivity index (χ1n) is 10.5. The number of piperidine rings is 1. The summed E-state index contributed by atoms with van der Waals surface area (Å²) >= 11 is 0. The first-order chi connectivity index (χ1) is 13.9. The molecule has 0 aliphatic carbocycles. The van der Waals surface area contributed by atoms with E-state index in [1.165, 1.54) is 11.1 Å². The summed E-state index contributed by atoms with van der Waals surface area (Å²) in [5.41, 5.74) is 2.30. The third kappa shape index (κ3) is 6.07. The Kier molecular flexibility index (Phi) is 6.96. The number of nitrogens with one attached hydrogen (secondary N) is 1. The summed E-state index contributed by atoms with van der Waals surface area (Å²) in [6.45, 7) is 11.9. The van der Waals surface area contributed by atoms with E-state index in [9.17, 15) is 0 Å². The molecule has 1 saturated heterocycles. The Balaban J connectivity index is 1.59. The van der Waals surface area contributed by atoms with Crippen LogP contribution in [0.4, 0.5) is 0 Å². The molecule has 6 nitrogen and oxygen atoms in total. The van der Waals surface area contributed by atoms with Gasteiger partial charge in [-0.25, -0.2) is 4.98 Å². The van der Waals surface area contributed by atoms with Gasteiger partial charge < -0.3 is 19.5 Å². The molecule has 2 aromatic rings. The molecule has 1 aromatic heterocycles. The summed E-state index contributed by atoms with van der Waals surface area (Å²) in [6, 6.07) is 8.99. The van der Waals surface area contributed by atoms with Crippen molar-refractivity contribution in [1.82, 2.24) is 19.8 Å². The second-order valence-corrected chi connectivity index (χ2v) is 8.91. The van der Waals surface area contributed by atoms with E-state index in [4.69, 9.17) is 4.74 Å². The van der Waals surface area contributed by atoms with Crippen LogP contribution in [0, 0.1) is 5.92 Å². The zero-order chi connectivity index (χ0) is 20.9. The van der Waals surface area contributed by atoms with Crippen molar-refractivity contribution in [3.05, 3.63) is 54.1 Å². The summed E-state index contributed by atoms with van der Waals surface area (Å²) in [6.07, 6.45) is 6.98. The van der Waals surface area contributed by atoms with E-state index in [-0.39, 0.29) is 5.60 Å². The molecule has 1 aromatic carbocycles. The number of ether oxygens (including phenoxy) is 1. The van der Waals surface area contributed by atoms with Gasteiger partial charge in [0, 0.05) is 39.1 Å². The smallest absolute Gasteiger partial charge is 0.193 e. The van der Waals surface area contributed by atoms with Gasteiger partial charge in [0.2, 0.25) is 0 Å². The number of rotatable bonds is 5. The number of hydrogen-bond acceptors (Lipinski definition) is 3. The van der Waals surface area contributed by atoms with Crippen LogP contribution in [-0.4, -0.2) is 46.1 Å². The quantitative estimate of drug-likeness (QED) is 0.615. The van der Waals surface area contributed by atoms with Crippen LogP contribution in [0.15, 0.2) is 48.0 Å². The van der Waals surface area contributed by atoms with Crippen LogP contribution in [0.1, 0.15) is 51.3 Å². The number of guanidine groups is 1. The summed E-state index contributed by atoms with van der Waals surface area (Å²) in [5.74, 6) is 1.58. The van der Waals surface area contributed by atoms with Crippen molar-refractivity contribution in [1.29, 1.82) is 0 Å². The second kappa shape index (κ2) is 9.44. The second-order valence-electron chi connectivity index (χ2n) is 8.91. The molecule has 0 saturated carbocycles. The van der Waals surface area contributed by atoms with Gasteiger partial charge in [0.05, 0.1) is 24.6 Å². The van der Waals surface area contributed by atoms with Crippen molar-refractivity contribution in [2.24, 2.45) is 10.9 Å². The maximum absolute atomic E-state index is 5.91. The van der Waals surface area contributed by atoms with Gasteiger partial charge in [-0.05, 0) is 44.2 Å². The van der Waals surface area contributed by atoms with E-state index in [2.05, 4.69) is 82.9 Å². The summed E-state index contributed by atoms with van der Waals surface area (Å²) in [5, 5.41) is 3.55. The van der Waals surface area contributed by atoms with E-state index >= 15 is 0 Å². The highest BCUT2D eigenvalue weighted by Crippen LogP contribution is 2.27. The molecular formula is C23H35N5O. The number of hydrogen-bond donors (Lipinski definition) is 1. The van der Waals surface area contributed by atoms with Crippen molar-refractivity contribution in [3.63, 3.8) is 0 Å². The monoisotopic (exact) mass is 397 g/mol. The van der Waals surface area contributed by atoms with Gasteiger partial charge in [0.15, 0.2) is 5.96 Å². The van der Waals surface area contributed by atoms with Gasteiger partial charge in [-0.1, -0.05) is 31.2 Å². The Bertz CT molecular complexity index is 794. The minimum Gasteiger partial charge on any atom is -0.371 e. The first-order valence-corrected chi connectivity index (χ1v) is 10.5. The third-order valence-corrected chi connectivity index (χ3v) is 5.45. The van der Waals surface area contributed by atoms with Crippen molar-refractivity contribution in [3.8, 4) is 0 Å². The molecule has 1 fully saturated rings. The van der Waals surface area contributed by atoms with E-state index < -0.39 is 0 Å². The normalized spacial score (nSPS) is 20.7. The lowest BCUT2D eigenvalue weighted by Gasteiger charge is -2.39. The van der Waals surface area contributed by atoms with E-state index in [0.717, 1.165) is 32.0 Å². The average molecular weight is 398 g/mol. The number of imidazole rings is 1. The van der Waals surface area contributed by atoms with E-state index in [1.54, 1.807) is 0 Å². The predicted molar refractivity (Wildman–Crippen MR) is 118 cm³/mol. The van der Waals surface area contributed by atoms with Crippen LogP contribution in [-0.2, 0) is 17.9 Å². The fourth-order valence-electron chi connectivity index (χ4n) is 3.74. The largest absolute Gasteiger partial charge is 0.371 e. The number of likely N-dealkylation sites (tertiary alicyclic amines) is 1. The molecule has 158 valence electrons. The zero-order valence-corrected chi connectivity index (χ0v) is 18.4. The molecule has 1 aliphatic heterocycles. The maximum atomic E-state index is 5.91. The highest BCUT2D eigenvalue weighted by Gasteiger charge is 2.28. The SMILES string of the molecule is CN=C(NCc1cccc(COC(C)(C)C)c1)N1CCC(C)C(n2ccnc2)C1. The van der Waals surface area contributed by atoms with Gasteiger partial charge >= 0.3 is 0 Å². The Morgan fingerprint density at radius 3 is 2.79 bits per heavy atom. The lowest BCUT2D eigenvalue weighted by atomic mass is 9.93. The minimum atomic E-state index is -0.131. The molecule has 2 heterocycles. The van der Waals surface area contributed by atoms with Crippen LogP contribution in [0.25, 0.3) is 0 Å². The fraction of sp³-hybridized carbons (Fsp3) is 0.565. The lowest BCUT2D eigenvalue weighted by molar-refractivity contribution is -0.0149. The Hall–Kier alpha value is -2.34. The molecule has 2 atom stereocenters. The summed E-state index contributed by atoms with van der Waals surface area (Å²) in [4.78, 5) is 11.1. The van der Waals surface area contributed by atoms with Crippen LogP contribution < -0.4 is 5.32 Å². The molecule has 1 aliphatic rings. The topological polar surface area (TPSA) is 54.7 Å². The molecule has 6 heteroatoms. The van der Waals surface area contributed by atoms with Crippen molar-refractivity contribution in [2.45, 2.75) is 58.9 Å². The fourth-order valence-corrected chi connectivity index (χ4v) is 3.74. The van der Waals surface area contributed by atoms with Crippen LogP contribution in [0.5, 0.6) is 0 Å². The molecule has 29 heavy (non-hydrogen) atoms. The van der Waals surface area contributed by atoms with Crippen LogP contribution in [0.3, 0.4) is 0 Å². The van der Waals surface area contributed by atoms with Gasteiger partial charge in [-0.15, -0.1) is 0 Å². The molecule has 0 spiro atoms. The van der Waals surface area contributed by atoms with Crippen LogP contribution >= 0.6 is 0 Å². The standard InChI is InChI=1S/C23H35N5O/c1-18-9-11-27(15-21(18)28-12-10-25-17-28)22(24-5)26-14-19-7-6-8-20(13-19)16-29-23(2,3)4/h6-8,10,12-13,17-18,21H,9,11,14-16H2,1-5H3,(H,24,26). The number of benzene rings is 1. The van der Waals surface area contributed by atoms with Crippen molar-refractivity contribution < 1.29 is 4.74 Å². The van der Waals surface area contributed by atoms with Crippen molar-refractivity contribution in [2.75, 3.05) is 20.1 Å². The van der Waals surface area contributed by atoms with Gasteiger partial charge in [0.1, 0.15) is 0 Å². The lowest BCUT2D eigenvalue weighted by Crippen LogP contribution is -2.48. The molecule has 2 unspecified atom stereocenters. The minimum absolute atomic E-state index is 0.131. The Morgan fingerprint density at radius 1 is 1.31 bits per heavy atom. The molecule has 0 bridgehead atoms. The Morgan fingerprint density at radius 2 is 2.10 bits per heavy atom. The average Bonchev–Trinajstić information content (AvgIpc) is 3.22. The molecule has 1 N–H and O–H groups in total. The van der Waals surface area contributed by atoms with E-state index in [0.29, 0.717) is 18.6 Å². The molecular weight excluding hydrogens is 362 g/mol. The number of aromatic nitrogens is 2. The van der Waals surface area contributed by atoms with Gasteiger partial charge in [-0.3, -0.25) is 4.99 Å². The summed E-state index contributed by atoms with van der Waals surface area (Å²) < 4.78 is 8.13. The van der Waals surface area contributed by atoms with E-state index in [1.807, 2.05) is 19.6 Å².